The predicted octanol–water partition coefficient (Wildman–Crippen LogP) is 1.38. The first-order chi connectivity index (χ1) is 8.19. The monoisotopic (exact) mass is 313 g/mol. The summed E-state index contributed by atoms with van der Waals surface area (Å²) < 4.78 is 52.3. The van der Waals surface area contributed by atoms with Crippen LogP contribution in [-0.2, 0) is 19.1 Å². The third-order valence-corrected chi connectivity index (χ3v) is 4.75. The summed E-state index contributed by atoms with van der Waals surface area (Å²) in [5.41, 5.74) is 0.206. The number of nitrogens with one attached hydrogen (secondary N) is 1. The van der Waals surface area contributed by atoms with Gasteiger partial charge < -0.3 is 4.74 Å². The summed E-state index contributed by atoms with van der Waals surface area (Å²) in [5.74, 6) is -0.119. The largest absolute Gasteiger partial charge is 0.495 e. The maximum absolute atomic E-state index is 11.4. The van der Waals surface area contributed by atoms with Gasteiger partial charge in [-0.1, -0.05) is 0 Å². The van der Waals surface area contributed by atoms with Gasteiger partial charge in [0.25, 0.3) is 9.05 Å². The van der Waals surface area contributed by atoms with Crippen LogP contribution in [0.5, 0.6) is 5.75 Å². The van der Waals surface area contributed by atoms with E-state index in [1.165, 1.54) is 32.2 Å². The fourth-order valence-electron chi connectivity index (χ4n) is 1.18. The second-order valence-electron chi connectivity index (χ2n) is 3.31. The van der Waals surface area contributed by atoms with Gasteiger partial charge in [-0.05, 0) is 19.1 Å². The Hall–Kier alpha value is -0.990. The van der Waals surface area contributed by atoms with Crippen LogP contribution < -0.4 is 9.46 Å². The summed E-state index contributed by atoms with van der Waals surface area (Å²) in [7, 11) is -0.904. The van der Waals surface area contributed by atoms with Crippen molar-refractivity contribution in [2.45, 2.75) is 11.8 Å². The molecule has 0 radical (unpaired) electrons. The second-order valence-corrected chi connectivity index (χ2v) is 7.85. The number of ether oxygens (including phenoxy) is 1. The molecule has 0 saturated heterocycles. The lowest BCUT2D eigenvalue weighted by molar-refractivity contribution is 0.403. The van der Waals surface area contributed by atoms with Gasteiger partial charge in [-0.15, -0.1) is 0 Å². The van der Waals surface area contributed by atoms with Crippen molar-refractivity contribution < 1.29 is 21.6 Å². The Bertz CT molecular complexity index is 639. The highest BCUT2D eigenvalue weighted by Gasteiger charge is 2.18. The lowest BCUT2D eigenvalue weighted by atomic mass is 10.3. The van der Waals surface area contributed by atoms with Crippen LogP contribution in [0.15, 0.2) is 23.1 Å². The van der Waals surface area contributed by atoms with Gasteiger partial charge in [-0.25, -0.2) is 16.8 Å². The topological polar surface area (TPSA) is 89.5 Å². The molecule has 0 spiro atoms. The minimum absolute atomic E-state index is 0.0266. The van der Waals surface area contributed by atoms with Crippen molar-refractivity contribution in [3.05, 3.63) is 18.2 Å². The summed E-state index contributed by atoms with van der Waals surface area (Å²) in [6.45, 7) is 1.48. The van der Waals surface area contributed by atoms with Crippen LogP contribution in [0, 0.1) is 0 Å². The summed E-state index contributed by atoms with van der Waals surface area (Å²) in [6, 6.07) is 3.72. The Balaban J connectivity index is 3.23. The molecule has 0 bridgehead atoms. The molecular formula is C9H12ClNO5S2. The molecule has 1 N–H and O–H groups in total. The molecule has 0 amide bonds. The molecule has 9 heteroatoms. The normalized spacial score (nSPS) is 12.2. The average Bonchev–Trinajstić information content (AvgIpc) is 2.27. The third kappa shape index (κ3) is 3.76. The van der Waals surface area contributed by atoms with Crippen LogP contribution in [0.2, 0.25) is 0 Å². The van der Waals surface area contributed by atoms with Gasteiger partial charge in [0.05, 0.1) is 18.6 Å². The summed E-state index contributed by atoms with van der Waals surface area (Å²) >= 11 is 0. The van der Waals surface area contributed by atoms with Crippen molar-refractivity contribution in [3.63, 3.8) is 0 Å². The zero-order valence-electron chi connectivity index (χ0n) is 9.67. The molecule has 0 aliphatic rings. The highest BCUT2D eigenvalue weighted by atomic mass is 35.7. The van der Waals surface area contributed by atoms with E-state index in [9.17, 15) is 16.8 Å². The Morgan fingerprint density at radius 1 is 1.28 bits per heavy atom. The first kappa shape index (κ1) is 15.1. The highest BCUT2D eigenvalue weighted by molar-refractivity contribution is 8.13. The van der Waals surface area contributed by atoms with Gasteiger partial charge in [0.2, 0.25) is 10.0 Å². The Labute approximate surface area is 110 Å². The first-order valence-corrected chi connectivity index (χ1v) is 8.79. The molecule has 0 unspecified atom stereocenters. The molecule has 0 heterocycles. The molecule has 1 rings (SSSR count). The summed E-state index contributed by atoms with van der Waals surface area (Å²) in [5, 5.41) is 0. The van der Waals surface area contributed by atoms with Crippen LogP contribution in [-0.4, -0.2) is 29.7 Å². The number of hydrogen-bond donors (Lipinski definition) is 1. The molecular weight excluding hydrogens is 302 g/mol. The smallest absolute Gasteiger partial charge is 0.264 e. The standard InChI is InChI=1S/C9H12ClNO5S2/c1-3-17(12,13)11-7-4-5-9(18(10,14)15)8(6-7)16-2/h4-6,11H,3H2,1-2H3. The average molecular weight is 314 g/mol. The van der Waals surface area contributed by atoms with Crippen LogP contribution in [0.1, 0.15) is 6.92 Å². The van der Waals surface area contributed by atoms with Crippen molar-refractivity contribution in [2.24, 2.45) is 0 Å². The van der Waals surface area contributed by atoms with Gasteiger partial charge in [-0.2, -0.15) is 0 Å². The van der Waals surface area contributed by atoms with Gasteiger partial charge >= 0.3 is 0 Å². The number of benzene rings is 1. The maximum Gasteiger partial charge on any atom is 0.264 e. The minimum atomic E-state index is -3.94. The molecule has 0 aliphatic heterocycles. The summed E-state index contributed by atoms with van der Waals surface area (Å²) in [6.07, 6.45) is 0. The highest BCUT2D eigenvalue weighted by Crippen LogP contribution is 2.29. The molecule has 6 nitrogen and oxygen atoms in total. The van der Waals surface area contributed by atoms with E-state index in [2.05, 4.69) is 4.72 Å². The molecule has 0 aliphatic carbocycles. The fourth-order valence-corrected chi connectivity index (χ4v) is 2.81. The molecule has 0 atom stereocenters. The fraction of sp³-hybridized carbons (Fsp3) is 0.333. The Morgan fingerprint density at radius 2 is 1.89 bits per heavy atom. The molecule has 0 fully saturated rings. The lowest BCUT2D eigenvalue weighted by Crippen LogP contribution is -2.14. The molecule has 1 aromatic rings. The second kappa shape index (κ2) is 5.33. The Kier molecular flexibility index (Phi) is 4.46. The van der Waals surface area contributed by atoms with Crippen molar-refractivity contribution in [3.8, 4) is 5.75 Å². The van der Waals surface area contributed by atoms with E-state index in [4.69, 9.17) is 15.4 Å². The van der Waals surface area contributed by atoms with Gasteiger partial charge in [0, 0.05) is 16.7 Å². The van der Waals surface area contributed by atoms with E-state index in [1.54, 1.807) is 0 Å². The van der Waals surface area contributed by atoms with Gasteiger partial charge in [0.15, 0.2) is 0 Å². The van der Waals surface area contributed by atoms with Crippen LogP contribution >= 0.6 is 10.7 Å². The number of sulfonamides is 1. The zero-order valence-corrected chi connectivity index (χ0v) is 12.1. The van der Waals surface area contributed by atoms with E-state index < -0.39 is 19.1 Å². The van der Waals surface area contributed by atoms with Crippen molar-refractivity contribution in [1.82, 2.24) is 0 Å². The summed E-state index contributed by atoms with van der Waals surface area (Å²) in [4.78, 5) is -0.217. The minimum Gasteiger partial charge on any atom is -0.495 e. The maximum atomic E-state index is 11.4. The SMILES string of the molecule is CCS(=O)(=O)Nc1ccc(S(=O)(=O)Cl)c(OC)c1. The van der Waals surface area contributed by atoms with E-state index in [-0.39, 0.29) is 22.1 Å². The van der Waals surface area contributed by atoms with Crippen LogP contribution in [0.3, 0.4) is 0 Å². The van der Waals surface area contributed by atoms with Crippen molar-refractivity contribution >= 4 is 35.4 Å². The first-order valence-electron chi connectivity index (χ1n) is 4.83. The Morgan fingerprint density at radius 3 is 2.33 bits per heavy atom. The van der Waals surface area contributed by atoms with Gasteiger partial charge in [0.1, 0.15) is 10.6 Å². The lowest BCUT2D eigenvalue weighted by Gasteiger charge is -2.10. The molecule has 1 aromatic carbocycles. The number of methoxy groups -OCH3 is 1. The number of anilines is 1. The van der Waals surface area contributed by atoms with E-state index in [1.807, 2.05) is 0 Å². The quantitative estimate of drug-likeness (QED) is 0.830. The van der Waals surface area contributed by atoms with Crippen LogP contribution in [0.4, 0.5) is 5.69 Å². The van der Waals surface area contributed by atoms with E-state index in [0.29, 0.717) is 0 Å². The zero-order chi connectivity index (χ0) is 14.0. The number of hydrogen-bond acceptors (Lipinski definition) is 5. The molecule has 0 saturated carbocycles. The predicted molar refractivity (Wildman–Crippen MR) is 69.1 cm³/mol. The molecule has 18 heavy (non-hydrogen) atoms. The molecule has 0 aromatic heterocycles. The van der Waals surface area contributed by atoms with Crippen molar-refractivity contribution in [1.29, 1.82) is 0 Å². The van der Waals surface area contributed by atoms with Gasteiger partial charge in [-0.3, -0.25) is 4.72 Å². The van der Waals surface area contributed by atoms with Crippen molar-refractivity contribution in [2.75, 3.05) is 17.6 Å². The van der Waals surface area contributed by atoms with E-state index >= 15 is 0 Å². The number of halogens is 1. The van der Waals surface area contributed by atoms with E-state index in [0.717, 1.165) is 0 Å². The molecule has 102 valence electrons. The van der Waals surface area contributed by atoms with Crippen LogP contribution in [0.25, 0.3) is 0 Å². The number of rotatable bonds is 5. The third-order valence-electron chi connectivity index (χ3n) is 2.08.